The Hall–Kier alpha value is -5.96. The minimum atomic E-state index is 1.11. The Kier molecular flexibility index (Phi) is 7.07. The van der Waals surface area contributed by atoms with Crippen LogP contribution in [0.1, 0.15) is 0 Å². The van der Waals surface area contributed by atoms with Crippen LogP contribution >= 0.6 is 11.3 Å². The van der Waals surface area contributed by atoms with Gasteiger partial charge in [-0.2, -0.15) is 0 Å². The van der Waals surface area contributed by atoms with Crippen LogP contribution in [0, 0.1) is 0 Å². The van der Waals surface area contributed by atoms with Gasteiger partial charge >= 0.3 is 0 Å². The zero-order valence-corrected chi connectivity index (χ0v) is 27.1. The van der Waals surface area contributed by atoms with Gasteiger partial charge in [0.15, 0.2) is 0 Å². The van der Waals surface area contributed by atoms with E-state index in [4.69, 9.17) is 0 Å². The van der Waals surface area contributed by atoms with E-state index in [1.54, 1.807) is 0 Å². The highest BCUT2D eigenvalue weighted by molar-refractivity contribution is 7.26. The van der Waals surface area contributed by atoms with E-state index in [2.05, 4.69) is 193 Å². The molecule has 2 heteroatoms. The molecular formula is C46H31NS. The lowest BCUT2D eigenvalue weighted by Crippen LogP contribution is -2.10. The van der Waals surface area contributed by atoms with Crippen LogP contribution in [-0.2, 0) is 0 Å². The average molecular weight is 630 g/mol. The summed E-state index contributed by atoms with van der Waals surface area (Å²) in [4.78, 5) is 2.36. The summed E-state index contributed by atoms with van der Waals surface area (Å²) in [6.07, 6.45) is 0. The van der Waals surface area contributed by atoms with Crippen molar-refractivity contribution < 1.29 is 0 Å². The van der Waals surface area contributed by atoms with Gasteiger partial charge in [0.05, 0.1) is 0 Å². The summed E-state index contributed by atoms with van der Waals surface area (Å²) in [5.74, 6) is 0. The molecule has 9 aromatic rings. The molecule has 1 heterocycles. The molecule has 0 aliphatic heterocycles. The van der Waals surface area contributed by atoms with Crippen molar-refractivity contribution in [3.8, 4) is 33.4 Å². The maximum atomic E-state index is 2.36. The lowest BCUT2D eigenvalue weighted by Gasteiger charge is -2.26. The molecule has 0 fully saturated rings. The summed E-state index contributed by atoms with van der Waals surface area (Å²) in [5.41, 5.74) is 10.6. The summed E-state index contributed by atoms with van der Waals surface area (Å²) < 4.78 is 2.67. The average Bonchev–Trinajstić information content (AvgIpc) is 3.56. The van der Waals surface area contributed by atoms with Gasteiger partial charge in [0.25, 0.3) is 0 Å². The largest absolute Gasteiger partial charge is 0.310 e. The maximum Gasteiger partial charge on any atom is 0.0467 e. The molecule has 0 spiro atoms. The van der Waals surface area contributed by atoms with Gasteiger partial charge in [-0.05, 0) is 92.7 Å². The highest BCUT2D eigenvalue weighted by atomic mass is 32.1. The number of thiophene rings is 1. The second-order valence-corrected chi connectivity index (χ2v) is 13.2. The van der Waals surface area contributed by atoms with Crippen LogP contribution in [0.25, 0.3) is 64.3 Å². The Balaban J connectivity index is 1.15. The minimum absolute atomic E-state index is 1.11. The number of fused-ring (bicyclic) bond motifs is 5. The Labute approximate surface area is 284 Å². The third kappa shape index (κ3) is 5.04. The van der Waals surface area contributed by atoms with E-state index >= 15 is 0 Å². The van der Waals surface area contributed by atoms with E-state index in [1.807, 2.05) is 11.3 Å². The van der Waals surface area contributed by atoms with Crippen LogP contribution in [0.2, 0.25) is 0 Å². The smallest absolute Gasteiger partial charge is 0.0467 e. The van der Waals surface area contributed by atoms with E-state index in [0.29, 0.717) is 0 Å². The standard InChI is InChI=1S/C46H31NS/c1-3-11-32(12-4-1)34-21-25-37(26-22-34)47(39-16-9-15-36(31-39)33-13-5-2-6-14-33)38-27-23-35(24-28-38)40-18-10-19-42-41(40)29-30-45-46(42)43-17-7-8-20-44(43)48-45/h1-31H. The topological polar surface area (TPSA) is 3.24 Å². The fourth-order valence-electron chi connectivity index (χ4n) is 6.96. The first-order valence-corrected chi connectivity index (χ1v) is 17.2. The third-order valence-electron chi connectivity index (χ3n) is 9.28. The second kappa shape index (κ2) is 12.0. The van der Waals surface area contributed by atoms with E-state index in [9.17, 15) is 0 Å². The van der Waals surface area contributed by atoms with Crippen molar-refractivity contribution in [3.63, 3.8) is 0 Å². The summed E-state index contributed by atoms with van der Waals surface area (Å²) in [5, 5.41) is 5.28. The Morgan fingerprint density at radius 3 is 1.60 bits per heavy atom. The minimum Gasteiger partial charge on any atom is -0.310 e. The first-order chi connectivity index (χ1) is 23.8. The molecule has 0 amide bonds. The van der Waals surface area contributed by atoms with Crippen LogP contribution in [0.15, 0.2) is 188 Å². The second-order valence-electron chi connectivity index (χ2n) is 12.1. The van der Waals surface area contributed by atoms with Crippen molar-refractivity contribution in [3.05, 3.63) is 188 Å². The number of rotatable bonds is 6. The zero-order chi connectivity index (χ0) is 31.9. The molecule has 8 aromatic carbocycles. The van der Waals surface area contributed by atoms with Crippen LogP contribution in [-0.4, -0.2) is 0 Å². The van der Waals surface area contributed by atoms with E-state index in [0.717, 1.165) is 17.1 Å². The van der Waals surface area contributed by atoms with Gasteiger partial charge in [-0.25, -0.2) is 0 Å². The summed E-state index contributed by atoms with van der Waals surface area (Å²) in [6.45, 7) is 0. The SMILES string of the molecule is c1ccc(-c2ccc(N(c3ccc(-c4cccc5c4ccc4sc6ccccc6c45)cc3)c3cccc(-c4ccccc4)c3)cc2)cc1. The Bertz CT molecular complexity index is 2530. The molecule has 48 heavy (non-hydrogen) atoms. The third-order valence-corrected chi connectivity index (χ3v) is 10.4. The fraction of sp³-hybridized carbons (Fsp3) is 0. The number of benzene rings is 8. The molecule has 226 valence electrons. The van der Waals surface area contributed by atoms with Gasteiger partial charge in [-0.3, -0.25) is 0 Å². The summed E-state index contributed by atoms with van der Waals surface area (Å²) in [7, 11) is 0. The Morgan fingerprint density at radius 2 is 0.875 bits per heavy atom. The molecule has 0 bridgehead atoms. The predicted octanol–water partition coefficient (Wildman–Crippen LogP) is 13.7. The number of hydrogen-bond acceptors (Lipinski definition) is 2. The lowest BCUT2D eigenvalue weighted by atomic mass is 9.95. The molecule has 1 nitrogen and oxygen atoms in total. The van der Waals surface area contributed by atoms with Crippen molar-refractivity contribution >= 4 is 59.3 Å². The quantitative estimate of drug-likeness (QED) is 0.177. The van der Waals surface area contributed by atoms with Crippen molar-refractivity contribution in [2.75, 3.05) is 4.90 Å². The van der Waals surface area contributed by atoms with Gasteiger partial charge in [0.1, 0.15) is 0 Å². The van der Waals surface area contributed by atoms with Gasteiger partial charge < -0.3 is 4.90 Å². The summed E-state index contributed by atoms with van der Waals surface area (Å²) >= 11 is 1.87. The Morgan fingerprint density at radius 1 is 0.312 bits per heavy atom. The van der Waals surface area contributed by atoms with E-state index < -0.39 is 0 Å². The molecular weight excluding hydrogens is 599 g/mol. The van der Waals surface area contributed by atoms with Gasteiger partial charge in [0, 0.05) is 37.2 Å². The van der Waals surface area contributed by atoms with Crippen molar-refractivity contribution in [1.29, 1.82) is 0 Å². The molecule has 0 saturated carbocycles. The molecule has 9 rings (SSSR count). The fourth-order valence-corrected chi connectivity index (χ4v) is 8.08. The number of anilines is 3. The predicted molar refractivity (Wildman–Crippen MR) is 208 cm³/mol. The highest BCUT2D eigenvalue weighted by Crippen LogP contribution is 2.42. The van der Waals surface area contributed by atoms with Crippen LogP contribution in [0.3, 0.4) is 0 Å². The zero-order valence-electron chi connectivity index (χ0n) is 26.3. The van der Waals surface area contributed by atoms with E-state index in [1.165, 1.54) is 64.3 Å². The molecule has 0 aliphatic carbocycles. The van der Waals surface area contributed by atoms with Gasteiger partial charge in [-0.15, -0.1) is 11.3 Å². The van der Waals surface area contributed by atoms with Crippen molar-refractivity contribution in [2.24, 2.45) is 0 Å². The first-order valence-electron chi connectivity index (χ1n) is 16.3. The van der Waals surface area contributed by atoms with Crippen molar-refractivity contribution in [1.82, 2.24) is 0 Å². The molecule has 0 atom stereocenters. The van der Waals surface area contributed by atoms with Crippen LogP contribution < -0.4 is 4.90 Å². The van der Waals surface area contributed by atoms with Gasteiger partial charge in [-0.1, -0.05) is 140 Å². The monoisotopic (exact) mass is 629 g/mol. The normalized spacial score (nSPS) is 11.3. The number of nitrogens with zero attached hydrogens (tertiary/aromatic N) is 1. The number of hydrogen-bond donors (Lipinski definition) is 0. The van der Waals surface area contributed by atoms with E-state index in [-0.39, 0.29) is 0 Å². The highest BCUT2D eigenvalue weighted by Gasteiger charge is 2.16. The van der Waals surface area contributed by atoms with Crippen LogP contribution in [0.5, 0.6) is 0 Å². The van der Waals surface area contributed by atoms with Crippen LogP contribution in [0.4, 0.5) is 17.1 Å². The maximum absolute atomic E-state index is 2.36. The molecule has 0 aliphatic rings. The molecule has 0 N–H and O–H groups in total. The molecule has 1 aromatic heterocycles. The van der Waals surface area contributed by atoms with Crippen molar-refractivity contribution in [2.45, 2.75) is 0 Å². The molecule has 0 unspecified atom stereocenters. The first kappa shape index (κ1) is 28.3. The van der Waals surface area contributed by atoms with Gasteiger partial charge in [0.2, 0.25) is 0 Å². The summed E-state index contributed by atoms with van der Waals surface area (Å²) in [6, 6.07) is 68.0. The lowest BCUT2D eigenvalue weighted by molar-refractivity contribution is 1.28. The molecule has 0 radical (unpaired) electrons. The molecule has 0 saturated heterocycles.